The maximum atomic E-state index is 13.0. The first-order valence-corrected chi connectivity index (χ1v) is 8.98. The molecule has 0 saturated heterocycles. The Hall–Kier alpha value is -2.71. The smallest absolute Gasteiger partial charge is 0.263 e. The molecule has 2 aromatic carbocycles. The molecular formula is C21H23ClN2O3. The van der Waals surface area contributed by atoms with E-state index in [1.807, 2.05) is 13.8 Å². The van der Waals surface area contributed by atoms with Gasteiger partial charge < -0.3 is 14.4 Å². The standard InChI is InChI=1S/C21H23ClN2O3/c1-14(2)20(27-19-8-6-5-7-15(19)12-23)21(25)24(3)13-16-11-17(22)9-10-18(16)26-4/h5-11,14,20H,13H2,1-4H3. The molecular weight excluding hydrogens is 364 g/mol. The van der Waals surface area contributed by atoms with Crippen LogP contribution in [0.15, 0.2) is 42.5 Å². The molecule has 1 amide bonds. The van der Waals surface area contributed by atoms with Crippen molar-refractivity contribution >= 4 is 17.5 Å². The zero-order valence-corrected chi connectivity index (χ0v) is 16.7. The normalized spacial score (nSPS) is 11.6. The van der Waals surface area contributed by atoms with Gasteiger partial charge in [0, 0.05) is 24.2 Å². The summed E-state index contributed by atoms with van der Waals surface area (Å²) in [5.41, 5.74) is 1.20. The van der Waals surface area contributed by atoms with E-state index in [0.29, 0.717) is 28.6 Å². The van der Waals surface area contributed by atoms with E-state index >= 15 is 0 Å². The van der Waals surface area contributed by atoms with Gasteiger partial charge in [0.05, 0.1) is 12.7 Å². The summed E-state index contributed by atoms with van der Waals surface area (Å²) in [5.74, 6) is 0.810. The molecule has 142 valence electrons. The predicted molar refractivity (Wildman–Crippen MR) is 105 cm³/mol. The summed E-state index contributed by atoms with van der Waals surface area (Å²) >= 11 is 6.08. The van der Waals surface area contributed by atoms with Crippen molar-refractivity contribution in [1.29, 1.82) is 5.26 Å². The summed E-state index contributed by atoms with van der Waals surface area (Å²) in [5, 5.41) is 9.82. The highest BCUT2D eigenvalue weighted by Crippen LogP contribution is 2.25. The maximum absolute atomic E-state index is 13.0. The van der Waals surface area contributed by atoms with Gasteiger partial charge in [-0.1, -0.05) is 37.6 Å². The minimum Gasteiger partial charge on any atom is -0.496 e. The Morgan fingerprint density at radius 3 is 2.56 bits per heavy atom. The third-order valence-electron chi connectivity index (χ3n) is 4.14. The van der Waals surface area contributed by atoms with Crippen LogP contribution in [0.3, 0.4) is 0 Å². The minimum atomic E-state index is -0.713. The van der Waals surface area contributed by atoms with Gasteiger partial charge in [0.25, 0.3) is 5.91 Å². The van der Waals surface area contributed by atoms with Crippen molar-refractivity contribution in [3.8, 4) is 17.6 Å². The van der Waals surface area contributed by atoms with Crippen molar-refractivity contribution < 1.29 is 14.3 Å². The fourth-order valence-electron chi connectivity index (χ4n) is 2.69. The van der Waals surface area contributed by atoms with Crippen molar-refractivity contribution in [2.75, 3.05) is 14.2 Å². The number of nitriles is 1. The molecule has 27 heavy (non-hydrogen) atoms. The van der Waals surface area contributed by atoms with Crippen LogP contribution in [0, 0.1) is 17.2 Å². The van der Waals surface area contributed by atoms with E-state index in [2.05, 4.69) is 6.07 Å². The Bertz CT molecular complexity index is 846. The molecule has 0 saturated carbocycles. The Labute approximate surface area is 165 Å². The molecule has 0 N–H and O–H groups in total. The number of nitrogens with zero attached hydrogens (tertiary/aromatic N) is 2. The Kier molecular flexibility index (Phi) is 7.09. The van der Waals surface area contributed by atoms with Crippen LogP contribution in [0.1, 0.15) is 25.0 Å². The van der Waals surface area contributed by atoms with Gasteiger partial charge in [-0.15, -0.1) is 0 Å². The number of hydrogen-bond donors (Lipinski definition) is 0. The van der Waals surface area contributed by atoms with Gasteiger partial charge in [0.15, 0.2) is 6.10 Å². The molecule has 0 aromatic heterocycles. The SMILES string of the molecule is COc1ccc(Cl)cc1CN(C)C(=O)C(Oc1ccccc1C#N)C(C)C. The Morgan fingerprint density at radius 1 is 1.22 bits per heavy atom. The molecule has 0 aliphatic carbocycles. The van der Waals surface area contributed by atoms with Gasteiger partial charge in [-0.2, -0.15) is 5.26 Å². The second-order valence-electron chi connectivity index (χ2n) is 6.54. The lowest BCUT2D eigenvalue weighted by Gasteiger charge is -2.27. The number of benzene rings is 2. The lowest BCUT2D eigenvalue weighted by atomic mass is 10.1. The van der Waals surface area contributed by atoms with Crippen molar-refractivity contribution in [2.45, 2.75) is 26.5 Å². The van der Waals surface area contributed by atoms with Crippen LogP contribution in [0.25, 0.3) is 0 Å². The van der Waals surface area contributed by atoms with E-state index in [9.17, 15) is 10.1 Å². The number of hydrogen-bond acceptors (Lipinski definition) is 4. The summed E-state index contributed by atoms with van der Waals surface area (Å²) in [6.45, 7) is 4.14. The van der Waals surface area contributed by atoms with Gasteiger partial charge >= 0.3 is 0 Å². The van der Waals surface area contributed by atoms with E-state index in [4.69, 9.17) is 21.1 Å². The van der Waals surface area contributed by atoms with Crippen molar-refractivity contribution in [2.24, 2.45) is 5.92 Å². The highest BCUT2D eigenvalue weighted by Gasteiger charge is 2.28. The average Bonchev–Trinajstić information content (AvgIpc) is 2.65. The number of rotatable bonds is 7. The second kappa shape index (κ2) is 9.29. The summed E-state index contributed by atoms with van der Waals surface area (Å²) in [4.78, 5) is 14.6. The van der Waals surface area contributed by atoms with Crippen molar-refractivity contribution in [1.82, 2.24) is 4.90 Å². The van der Waals surface area contributed by atoms with Crippen LogP contribution in [0.4, 0.5) is 0 Å². The van der Waals surface area contributed by atoms with Crippen molar-refractivity contribution in [3.63, 3.8) is 0 Å². The van der Waals surface area contributed by atoms with Crippen LogP contribution in [-0.4, -0.2) is 31.1 Å². The number of carbonyl (C=O) groups is 1. The third-order valence-corrected chi connectivity index (χ3v) is 4.37. The third kappa shape index (κ3) is 5.15. The lowest BCUT2D eigenvalue weighted by molar-refractivity contribution is -0.139. The molecule has 1 atom stereocenters. The highest BCUT2D eigenvalue weighted by molar-refractivity contribution is 6.30. The van der Waals surface area contributed by atoms with E-state index in [-0.39, 0.29) is 11.8 Å². The van der Waals surface area contributed by atoms with Gasteiger partial charge in [-0.25, -0.2) is 0 Å². The Balaban J connectivity index is 2.21. The molecule has 0 radical (unpaired) electrons. The van der Waals surface area contributed by atoms with Gasteiger partial charge in [-0.05, 0) is 36.2 Å². The van der Waals surface area contributed by atoms with Crippen LogP contribution in [0.2, 0.25) is 5.02 Å². The summed E-state index contributed by atoms with van der Waals surface area (Å²) in [6, 6.07) is 14.3. The quantitative estimate of drug-likeness (QED) is 0.712. The number of para-hydroxylation sites is 1. The summed E-state index contributed by atoms with van der Waals surface area (Å²) in [6.07, 6.45) is -0.713. The number of ether oxygens (including phenoxy) is 2. The van der Waals surface area contributed by atoms with E-state index in [0.717, 1.165) is 5.56 Å². The lowest BCUT2D eigenvalue weighted by Crippen LogP contribution is -2.42. The fraction of sp³-hybridized carbons (Fsp3) is 0.333. The molecule has 2 rings (SSSR count). The number of carbonyl (C=O) groups excluding carboxylic acids is 1. The summed E-state index contributed by atoms with van der Waals surface area (Å²) < 4.78 is 11.3. The van der Waals surface area contributed by atoms with Crippen LogP contribution < -0.4 is 9.47 Å². The number of amides is 1. The van der Waals surface area contributed by atoms with E-state index in [1.54, 1.807) is 61.5 Å². The molecule has 6 heteroatoms. The van der Waals surface area contributed by atoms with Crippen LogP contribution in [0.5, 0.6) is 11.5 Å². The Morgan fingerprint density at radius 2 is 1.93 bits per heavy atom. The fourth-order valence-corrected chi connectivity index (χ4v) is 2.89. The predicted octanol–water partition coefficient (Wildman–Crippen LogP) is 4.28. The molecule has 0 bridgehead atoms. The van der Waals surface area contributed by atoms with E-state index in [1.165, 1.54) is 0 Å². The highest BCUT2D eigenvalue weighted by atomic mass is 35.5. The number of methoxy groups -OCH3 is 1. The number of halogens is 1. The monoisotopic (exact) mass is 386 g/mol. The van der Waals surface area contributed by atoms with Gasteiger partial charge in [0.2, 0.25) is 0 Å². The van der Waals surface area contributed by atoms with Crippen LogP contribution in [-0.2, 0) is 11.3 Å². The molecule has 0 fully saturated rings. The largest absolute Gasteiger partial charge is 0.496 e. The van der Waals surface area contributed by atoms with Crippen LogP contribution >= 0.6 is 11.6 Å². The zero-order chi connectivity index (χ0) is 20.0. The van der Waals surface area contributed by atoms with Gasteiger partial charge in [0.1, 0.15) is 17.6 Å². The topological polar surface area (TPSA) is 62.6 Å². The van der Waals surface area contributed by atoms with Crippen molar-refractivity contribution in [3.05, 3.63) is 58.6 Å². The molecule has 0 spiro atoms. The first kappa shape index (κ1) is 20.6. The average molecular weight is 387 g/mol. The first-order valence-electron chi connectivity index (χ1n) is 8.60. The minimum absolute atomic E-state index is 0.0760. The molecule has 1 unspecified atom stereocenters. The second-order valence-corrected chi connectivity index (χ2v) is 6.98. The maximum Gasteiger partial charge on any atom is 0.263 e. The van der Waals surface area contributed by atoms with Gasteiger partial charge in [-0.3, -0.25) is 4.79 Å². The molecule has 0 aliphatic rings. The molecule has 5 nitrogen and oxygen atoms in total. The molecule has 2 aromatic rings. The molecule has 0 heterocycles. The first-order chi connectivity index (χ1) is 12.9. The molecule has 0 aliphatic heterocycles. The van der Waals surface area contributed by atoms with E-state index < -0.39 is 6.10 Å². The number of likely N-dealkylation sites (N-methyl/N-ethyl adjacent to an activating group) is 1. The summed E-state index contributed by atoms with van der Waals surface area (Å²) in [7, 11) is 3.28. The zero-order valence-electron chi connectivity index (χ0n) is 15.9.